The second-order valence-corrected chi connectivity index (χ2v) is 4.70. The summed E-state index contributed by atoms with van der Waals surface area (Å²) in [6.45, 7) is 2.66. The van der Waals surface area contributed by atoms with Crippen molar-refractivity contribution in [1.29, 1.82) is 0 Å². The number of rotatable bonds is 4. The van der Waals surface area contributed by atoms with E-state index < -0.39 is 11.9 Å². The van der Waals surface area contributed by atoms with Crippen LogP contribution in [0.5, 0.6) is 0 Å². The highest BCUT2D eigenvalue weighted by Crippen LogP contribution is 2.44. The van der Waals surface area contributed by atoms with Crippen LogP contribution in [0.1, 0.15) is 40.6 Å². The average Bonchev–Trinajstić information content (AvgIpc) is 3.05. The molecule has 1 amide bonds. The van der Waals surface area contributed by atoms with E-state index in [1.54, 1.807) is 0 Å². The summed E-state index contributed by atoms with van der Waals surface area (Å²) in [7, 11) is 0. The van der Waals surface area contributed by atoms with Crippen molar-refractivity contribution in [2.45, 2.75) is 19.8 Å². The van der Waals surface area contributed by atoms with Gasteiger partial charge in [0.25, 0.3) is 5.91 Å². The highest BCUT2D eigenvalue weighted by molar-refractivity contribution is 6.03. The van der Waals surface area contributed by atoms with Crippen LogP contribution in [0, 0.1) is 5.41 Å². The summed E-state index contributed by atoms with van der Waals surface area (Å²) in [5.41, 5.74) is 0.101. The number of nitrogens with zero attached hydrogens (tertiary/aromatic N) is 1. The number of amides is 1. The van der Waals surface area contributed by atoms with Crippen molar-refractivity contribution in [2.75, 3.05) is 6.54 Å². The Hall–Kier alpha value is -1.91. The summed E-state index contributed by atoms with van der Waals surface area (Å²) in [4.78, 5) is 26.6. The van der Waals surface area contributed by atoms with Crippen LogP contribution in [0.15, 0.2) is 18.3 Å². The van der Waals surface area contributed by atoms with Gasteiger partial charge >= 0.3 is 5.97 Å². The normalized spacial score (nSPS) is 16.3. The van der Waals surface area contributed by atoms with Gasteiger partial charge in [-0.1, -0.05) is 6.92 Å². The minimum atomic E-state index is -1.14. The zero-order valence-corrected chi connectivity index (χ0v) is 9.56. The minimum absolute atomic E-state index is 0.0238. The Morgan fingerprint density at radius 2 is 2.24 bits per heavy atom. The first-order valence-electron chi connectivity index (χ1n) is 5.48. The molecule has 0 atom stereocenters. The van der Waals surface area contributed by atoms with Crippen molar-refractivity contribution in [1.82, 2.24) is 10.3 Å². The van der Waals surface area contributed by atoms with Gasteiger partial charge in [-0.05, 0) is 30.4 Å². The number of pyridine rings is 1. The molecule has 0 spiro atoms. The molecule has 5 nitrogen and oxygen atoms in total. The van der Waals surface area contributed by atoms with Crippen LogP contribution in [-0.4, -0.2) is 28.5 Å². The van der Waals surface area contributed by atoms with E-state index >= 15 is 0 Å². The fourth-order valence-electron chi connectivity index (χ4n) is 1.53. The third-order valence-electron chi connectivity index (χ3n) is 3.03. The predicted octanol–water partition coefficient (Wildman–Crippen LogP) is 1.31. The van der Waals surface area contributed by atoms with Gasteiger partial charge in [-0.25, -0.2) is 4.79 Å². The van der Waals surface area contributed by atoms with Crippen molar-refractivity contribution < 1.29 is 14.7 Å². The molecule has 0 saturated heterocycles. The van der Waals surface area contributed by atoms with E-state index in [0.29, 0.717) is 6.54 Å². The number of carbonyl (C=O) groups is 2. The summed E-state index contributed by atoms with van der Waals surface area (Å²) >= 11 is 0. The lowest BCUT2D eigenvalue weighted by atomic mass is 10.1. The average molecular weight is 234 g/mol. The molecule has 1 saturated carbocycles. The van der Waals surface area contributed by atoms with Crippen LogP contribution in [-0.2, 0) is 0 Å². The standard InChI is InChI=1S/C12H14N2O3/c1-12(4-5-12)7-14-10(15)9-8(11(16)17)3-2-6-13-9/h2-3,6H,4-5,7H2,1H3,(H,14,15)(H,16,17). The molecule has 1 aliphatic carbocycles. The van der Waals surface area contributed by atoms with Gasteiger partial charge in [0.2, 0.25) is 0 Å². The molecule has 2 rings (SSSR count). The Morgan fingerprint density at radius 1 is 1.53 bits per heavy atom. The Labute approximate surface area is 98.9 Å². The van der Waals surface area contributed by atoms with Gasteiger partial charge in [-0.15, -0.1) is 0 Å². The van der Waals surface area contributed by atoms with Crippen molar-refractivity contribution in [3.63, 3.8) is 0 Å². The summed E-state index contributed by atoms with van der Waals surface area (Å²) in [6, 6.07) is 2.88. The third-order valence-corrected chi connectivity index (χ3v) is 3.03. The minimum Gasteiger partial charge on any atom is -0.478 e. The molecule has 0 radical (unpaired) electrons. The van der Waals surface area contributed by atoms with Gasteiger partial charge in [-0.3, -0.25) is 9.78 Å². The van der Waals surface area contributed by atoms with Crippen molar-refractivity contribution in [2.24, 2.45) is 5.41 Å². The molecule has 90 valence electrons. The lowest BCUT2D eigenvalue weighted by Crippen LogP contribution is -2.31. The van der Waals surface area contributed by atoms with Crippen molar-refractivity contribution in [3.8, 4) is 0 Å². The molecule has 5 heteroatoms. The maximum Gasteiger partial charge on any atom is 0.338 e. The summed E-state index contributed by atoms with van der Waals surface area (Å²) in [6.07, 6.45) is 3.61. The largest absolute Gasteiger partial charge is 0.478 e. The van der Waals surface area contributed by atoms with Gasteiger partial charge in [0.15, 0.2) is 0 Å². The van der Waals surface area contributed by atoms with E-state index in [9.17, 15) is 9.59 Å². The molecule has 1 aromatic heterocycles. The van der Waals surface area contributed by atoms with Crippen LogP contribution < -0.4 is 5.32 Å². The summed E-state index contributed by atoms with van der Waals surface area (Å²) in [5, 5.41) is 11.7. The first kappa shape index (κ1) is 11.6. The fraction of sp³-hybridized carbons (Fsp3) is 0.417. The zero-order valence-electron chi connectivity index (χ0n) is 9.56. The molecule has 1 aromatic rings. The van der Waals surface area contributed by atoms with Crippen LogP contribution >= 0.6 is 0 Å². The highest BCUT2D eigenvalue weighted by atomic mass is 16.4. The molecule has 1 aliphatic rings. The Morgan fingerprint density at radius 3 is 2.82 bits per heavy atom. The second-order valence-electron chi connectivity index (χ2n) is 4.70. The van der Waals surface area contributed by atoms with Gasteiger partial charge in [-0.2, -0.15) is 0 Å². The van der Waals surface area contributed by atoms with Gasteiger partial charge < -0.3 is 10.4 Å². The monoisotopic (exact) mass is 234 g/mol. The number of hydrogen-bond donors (Lipinski definition) is 2. The smallest absolute Gasteiger partial charge is 0.338 e. The molecule has 0 aromatic carbocycles. The van der Waals surface area contributed by atoms with Crippen LogP contribution in [0.3, 0.4) is 0 Å². The summed E-state index contributed by atoms with van der Waals surface area (Å²) in [5.74, 6) is -1.56. The predicted molar refractivity (Wildman–Crippen MR) is 60.9 cm³/mol. The molecular weight excluding hydrogens is 220 g/mol. The lowest BCUT2D eigenvalue weighted by Gasteiger charge is -2.10. The number of aromatic nitrogens is 1. The molecular formula is C12H14N2O3. The van der Waals surface area contributed by atoms with E-state index in [1.807, 2.05) is 0 Å². The molecule has 1 fully saturated rings. The van der Waals surface area contributed by atoms with Crippen molar-refractivity contribution in [3.05, 3.63) is 29.6 Å². The molecule has 17 heavy (non-hydrogen) atoms. The third kappa shape index (κ3) is 2.61. The lowest BCUT2D eigenvalue weighted by molar-refractivity contribution is 0.0690. The summed E-state index contributed by atoms with van der Waals surface area (Å²) < 4.78 is 0. The number of carboxylic acid groups (broad SMARTS) is 1. The number of nitrogens with one attached hydrogen (secondary N) is 1. The van der Waals surface area contributed by atoms with Gasteiger partial charge in [0, 0.05) is 12.7 Å². The molecule has 0 aliphatic heterocycles. The molecule has 2 N–H and O–H groups in total. The Bertz CT molecular complexity index is 467. The van der Waals surface area contributed by atoms with Crippen LogP contribution in [0.2, 0.25) is 0 Å². The van der Waals surface area contributed by atoms with E-state index in [4.69, 9.17) is 5.11 Å². The second kappa shape index (κ2) is 4.16. The van der Waals surface area contributed by atoms with Gasteiger partial charge in [0.05, 0.1) is 5.56 Å². The Kier molecular flexibility index (Phi) is 2.83. The van der Waals surface area contributed by atoms with E-state index in [1.165, 1.54) is 18.3 Å². The van der Waals surface area contributed by atoms with Crippen LogP contribution in [0.25, 0.3) is 0 Å². The number of carboxylic acids is 1. The number of aromatic carboxylic acids is 1. The molecule has 1 heterocycles. The number of carbonyl (C=O) groups excluding carboxylic acids is 1. The van der Waals surface area contributed by atoms with E-state index in [-0.39, 0.29) is 16.7 Å². The maximum absolute atomic E-state index is 11.8. The SMILES string of the molecule is CC1(CNC(=O)c2ncccc2C(=O)O)CC1. The van der Waals surface area contributed by atoms with Crippen LogP contribution in [0.4, 0.5) is 0 Å². The topological polar surface area (TPSA) is 79.3 Å². The van der Waals surface area contributed by atoms with E-state index in [0.717, 1.165) is 12.8 Å². The molecule has 0 unspecified atom stereocenters. The first-order valence-corrected chi connectivity index (χ1v) is 5.48. The quantitative estimate of drug-likeness (QED) is 0.823. The van der Waals surface area contributed by atoms with Crippen molar-refractivity contribution >= 4 is 11.9 Å². The fourth-order valence-corrected chi connectivity index (χ4v) is 1.53. The highest BCUT2D eigenvalue weighted by Gasteiger charge is 2.37. The first-order chi connectivity index (χ1) is 8.02. The number of hydrogen-bond acceptors (Lipinski definition) is 3. The van der Waals surface area contributed by atoms with E-state index in [2.05, 4.69) is 17.2 Å². The van der Waals surface area contributed by atoms with Gasteiger partial charge in [0.1, 0.15) is 5.69 Å². The Balaban J connectivity index is 2.10. The maximum atomic E-state index is 11.8. The zero-order chi connectivity index (χ0) is 12.5. The molecule has 0 bridgehead atoms.